The van der Waals surface area contributed by atoms with Crippen molar-refractivity contribution in [3.63, 3.8) is 0 Å². The first-order valence-electron chi connectivity index (χ1n) is 21.6. The lowest BCUT2D eigenvalue weighted by atomic mass is 9.59. The normalized spacial score (nSPS) is 13.5. The standard InChI is InChI=1S/C59H36N2S2/c1-2-15-37(16-3-1)61-51-25-10-5-18-41(51)46-35-38(30-33-53(46)61)60(39-29-31-43-42-19-6-11-26-54(42)62-57(43)36-39)52-34-32-44-40-17-4-7-21-47(40)59(50-24-14-20-45(52)58(44)50)48-22-8-12-27-55(48)63-56-28-13-9-23-49(56)59/h1-36H. The first-order valence-corrected chi connectivity index (χ1v) is 23.2. The number of aromatic nitrogens is 1. The van der Waals surface area contributed by atoms with Crippen molar-refractivity contribution in [2.24, 2.45) is 0 Å². The van der Waals surface area contributed by atoms with E-state index in [1.54, 1.807) is 0 Å². The van der Waals surface area contributed by atoms with Crippen molar-refractivity contribution < 1.29 is 0 Å². The SMILES string of the molecule is c1ccc(-n2c3ccccc3c3cc(N(c4ccc5c(c4)sc4ccccc45)c4ccc5c6c(cccc46)C4(c6ccccc6Sc6ccccc64)c4ccccc4-5)ccc32)cc1. The Labute approximate surface area is 372 Å². The summed E-state index contributed by atoms with van der Waals surface area (Å²) in [5, 5.41) is 7.60. The highest BCUT2D eigenvalue weighted by Crippen LogP contribution is 2.62. The topological polar surface area (TPSA) is 8.17 Å². The monoisotopic (exact) mass is 836 g/mol. The highest BCUT2D eigenvalue weighted by atomic mass is 32.2. The van der Waals surface area contributed by atoms with Crippen LogP contribution in [0, 0.1) is 0 Å². The number of thiophene rings is 1. The summed E-state index contributed by atoms with van der Waals surface area (Å²) >= 11 is 3.77. The molecule has 2 aromatic heterocycles. The lowest BCUT2D eigenvalue weighted by Gasteiger charge is -2.46. The second-order valence-corrected chi connectivity index (χ2v) is 18.9. The zero-order valence-electron chi connectivity index (χ0n) is 34.0. The Morgan fingerprint density at radius 3 is 1.84 bits per heavy atom. The molecule has 0 fully saturated rings. The molecule has 1 spiro atoms. The minimum absolute atomic E-state index is 0.501. The van der Waals surface area contributed by atoms with E-state index in [2.05, 4.69) is 228 Å². The quantitative estimate of drug-likeness (QED) is 0.174. The van der Waals surface area contributed by atoms with Gasteiger partial charge in [0.25, 0.3) is 0 Å². The molecule has 0 atom stereocenters. The molecule has 14 rings (SSSR count). The van der Waals surface area contributed by atoms with Gasteiger partial charge in [-0.25, -0.2) is 0 Å². The van der Waals surface area contributed by atoms with E-state index in [-0.39, 0.29) is 0 Å². The molecule has 63 heavy (non-hydrogen) atoms. The van der Waals surface area contributed by atoms with Crippen molar-refractivity contribution in [1.29, 1.82) is 0 Å². The number of hydrogen-bond acceptors (Lipinski definition) is 3. The zero-order valence-corrected chi connectivity index (χ0v) is 35.6. The third-order valence-corrected chi connectivity index (χ3v) is 15.9. The molecule has 10 aromatic carbocycles. The van der Waals surface area contributed by atoms with Gasteiger partial charge in [-0.15, -0.1) is 11.3 Å². The molecule has 0 unspecified atom stereocenters. The van der Waals surface area contributed by atoms with Crippen molar-refractivity contribution >= 4 is 92.9 Å². The molecule has 1 aliphatic heterocycles. The van der Waals surface area contributed by atoms with E-state index in [4.69, 9.17) is 0 Å². The Kier molecular flexibility index (Phi) is 7.45. The Bertz CT molecular complexity index is 3810. The molecule has 2 nitrogen and oxygen atoms in total. The Balaban J connectivity index is 1.08. The maximum atomic E-state index is 2.52. The van der Waals surface area contributed by atoms with Gasteiger partial charge in [0.05, 0.1) is 22.1 Å². The number of hydrogen-bond donors (Lipinski definition) is 0. The van der Waals surface area contributed by atoms with E-state index in [0.29, 0.717) is 0 Å². The lowest BCUT2D eigenvalue weighted by Crippen LogP contribution is -2.36. The molecule has 0 saturated heterocycles. The van der Waals surface area contributed by atoms with Crippen LogP contribution in [0.25, 0.3) is 69.6 Å². The maximum Gasteiger partial charge on any atom is 0.0735 e. The van der Waals surface area contributed by atoms with E-state index in [0.717, 1.165) is 22.7 Å². The van der Waals surface area contributed by atoms with Crippen LogP contribution in [0.1, 0.15) is 22.3 Å². The lowest BCUT2D eigenvalue weighted by molar-refractivity contribution is 0.707. The van der Waals surface area contributed by atoms with E-state index in [1.807, 2.05) is 23.1 Å². The van der Waals surface area contributed by atoms with Gasteiger partial charge in [0.2, 0.25) is 0 Å². The van der Waals surface area contributed by atoms with Gasteiger partial charge in [0.1, 0.15) is 0 Å². The van der Waals surface area contributed by atoms with Crippen LogP contribution in [0.5, 0.6) is 0 Å². The molecular weight excluding hydrogens is 801 g/mol. The second kappa shape index (κ2) is 13.3. The van der Waals surface area contributed by atoms with Crippen LogP contribution in [0.3, 0.4) is 0 Å². The third kappa shape index (κ3) is 4.85. The van der Waals surface area contributed by atoms with Gasteiger partial charge in [-0.1, -0.05) is 157 Å². The number of fused-ring (bicyclic) bond motifs is 14. The van der Waals surface area contributed by atoms with E-state index in [1.165, 1.54) is 95.9 Å². The van der Waals surface area contributed by atoms with Crippen LogP contribution in [0.2, 0.25) is 0 Å². The van der Waals surface area contributed by atoms with E-state index in [9.17, 15) is 0 Å². The summed E-state index contributed by atoms with van der Waals surface area (Å²) in [6.07, 6.45) is 0. The maximum absolute atomic E-state index is 2.52. The van der Waals surface area contributed by atoms with Gasteiger partial charge in [-0.2, -0.15) is 0 Å². The molecule has 0 saturated carbocycles. The summed E-state index contributed by atoms with van der Waals surface area (Å²) in [7, 11) is 0. The van der Waals surface area contributed by atoms with Crippen molar-refractivity contribution in [3.8, 4) is 16.8 Å². The fourth-order valence-corrected chi connectivity index (χ4v) is 13.5. The molecule has 3 heterocycles. The van der Waals surface area contributed by atoms with Crippen molar-refractivity contribution in [2.75, 3.05) is 4.90 Å². The van der Waals surface area contributed by atoms with Gasteiger partial charge in [0, 0.05) is 63.2 Å². The smallest absolute Gasteiger partial charge is 0.0735 e. The minimum Gasteiger partial charge on any atom is -0.310 e. The summed E-state index contributed by atoms with van der Waals surface area (Å²) in [4.78, 5) is 5.14. The summed E-state index contributed by atoms with van der Waals surface area (Å²) in [6, 6.07) is 81.7. The van der Waals surface area contributed by atoms with Crippen LogP contribution in [-0.4, -0.2) is 4.57 Å². The molecular formula is C59H36N2S2. The van der Waals surface area contributed by atoms with Crippen molar-refractivity contribution in [2.45, 2.75) is 15.2 Å². The van der Waals surface area contributed by atoms with Crippen LogP contribution in [0.15, 0.2) is 228 Å². The van der Waals surface area contributed by atoms with Crippen molar-refractivity contribution in [3.05, 3.63) is 241 Å². The zero-order chi connectivity index (χ0) is 41.2. The molecule has 0 N–H and O–H groups in total. The first kappa shape index (κ1) is 35.2. The Morgan fingerprint density at radius 2 is 1.00 bits per heavy atom. The highest BCUT2D eigenvalue weighted by Gasteiger charge is 2.48. The van der Waals surface area contributed by atoms with Gasteiger partial charge in [0.15, 0.2) is 0 Å². The molecule has 1 aliphatic carbocycles. The molecule has 12 aromatic rings. The molecule has 0 radical (unpaired) electrons. The molecule has 0 bridgehead atoms. The number of para-hydroxylation sites is 2. The van der Waals surface area contributed by atoms with E-state index < -0.39 is 5.41 Å². The predicted octanol–water partition coefficient (Wildman–Crippen LogP) is 16.6. The Morgan fingerprint density at radius 1 is 0.381 bits per heavy atom. The minimum atomic E-state index is -0.501. The number of rotatable bonds is 4. The molecule has 4 heteroatoms. The van der Waals surface area contributed by atoms with Crippen molar-refractivity contribution in [1.82, 2.24) is 4.57 Å². The number of anilines is 3. The highest BCUT2D eigenvalue weighted by molar-refractivity contribution is 7.99. The van der Waals surface area contributed by atoms with Crippen LogP contribution >= 0.6 is 23.1 Å². The van der Waals surface area contributed by atoms with Gasteiger partial charge in [-0.05, 0) is 112 Å². The predicted molar refractivity (Wildman–Crippen MR) is 267 cm³/mol. The summed E-state index contributed by atoms with van der Waals surface area (Å²) in [5.74, 6) is 0. The summed E-state index contributed by atoms with van der Waals surface area (Å²) in [5.41, 5.74) is 14.4. The molecule has 294 valence electrons. The fourth-order valence-electron chi connectivity index (χ4n) is 11.1. The summed E-state index contributed by atoms with van der Waals surface area (Å²) < 4.78 is 4.99. The number of nitrogens with zero attached hydrogens (tertiary/aromatic N) is 2. The third-order valence-electron chi connectivity index (χ3n) is 13.6. The van der Waals surface area contributed by atoms with Gasteiger partial charge < -0.3 is 9.47 Å². The van der Waals surface area contributed by atoms with Gasteiger partial charge >= 0.3 is 0 Å². The average Bonchev–Trinajstić information content (AvgIpc) is 3.89. The average molecular weight is 837 g/mol. The van der Waals surface area contributed by atoms with E-state index >= 15 is 0 Å². The fraction of sp³-hybridized carbons (Fsp3) is 0.0169. The van der Waals surface area contributed by atoms with Crippen LogP contribution in [-0.2, 0) is 5.41 Å². The largest absolute Gasteiger partial charge is 0.310 e. The Hall–Kier alpha value is -7.37. The van der Waals surface area contributed by atoms with Gasteiger partial charge in [-0.3, -0.25) is 0 Å². The van der Waals surface area contributed by atoms with Crippen LogP contribution < -0.4 is 4.90 Å². The number of benzene rings is 10. The second-order valence-electron chi connectivity index (χ2n) is 16.8. The first-order chi connectivity index (χ1) is 31.3. The molecule has 2 aliphatic rings. The summed E-state index contributed by atoms with van der Waals surface area (Å²) in [6.45, 7) is 0. The molecule has 0 amide bonds. The van der Waals surface area contributed by atoms with Crippen LogP contribution in [0.4, 0.5) is 17.1 Å².